The quantitative estimate of drug-likeness (QED) is 0.0886. The molecule has 0 unspecified atom stereocenters. The van der Waals surface area contributed by atoms with Gasteiger partial charge >= 0.3 is 5.97 Å². The highest BCUT2D eigenvalue weighted by Crippen LogP contribution is 2.36. The van der Waals surface area contributed by atoms with Crippen LogP contribution in [-0.4, -0.2) is 31.0 Å². The van der Waals surface area contributed by atoms with Gasteiger partial charge in [-0.2, -0.15) is 5.26 Å². The summed E-state index contributed by atoms with van der Waals surface area (Å²) in [6.07, 6.45) is 13.2. The zero-order valence-electron chi connectivity index (χ0n) is 31.5. The minimum absolute atomic E-state index is 0.326. The van der Waals surface area contributed by atoms with Crippen molar-refractivity contribution in [1.29, 1.82) is 5.26 Å². The summed E-state index contributed by atoms with van der Waals surface area (Å²) in [4.78, 5) is 29.3. The van der Waals surface area contributed by atoms with Crippen molar-refractivity contribution in [3.05, 3.63) is 191 Å². The topological polar surface area (TPSA) is 118 Å². The van der Waals surface area contributed by atoms with E-state index in [-0.39, 0.29) is 5.57 Å². The van der Waals surface area contributed by atoms with E-state index in [0.29, 0.717) is 5.56 Å². The average Bonchev–Trinajstić information content (AvgIpc) is 4.12. The van der Waals surface area contributed by atoms with Gasteiger partial charge in [-0.25, -0.2) is 14.8 Å². The van der Waals surface area contributed by atoms with Crippen molar-refractivity contribution in [2.24, 2.45) is 0 Å². The fourth-order valence-corrected chi connectivity index (χ4v) is 7.33. The van der Waals surface area contributed by atoms with Crippen LogP contribution in [0.25, 0.3) is 91.9 Å². The second-order valence-electron chi connectivity index (χ2n) is 13.8. The minimum Gasteiger partial charge on any atom is -0.477 e. The standard InChI is InChI=1S/C52H33N5O2/c53-33-39(52(58)59)32-35-22-20-34(21-23-35)12-10-11-19-40-41-24-26-43(54-41)49(36-13-4-1-5-14-36)45-28-30-47(56-45)51(38-17-8-3-9-18-38)48-31-29-46(57-48)50(37-15-6-2-7-16-37)44-27-25-42(40)55-44/h1-10,12-18,20-32,54,57H,(H,58,59)/b12-10+,39-32-,41-40?,42-40?,49-43?,49-45?,50-44?,50-46?,51-47?,51-48?. The Hall–Kier alpha value is -8.52. The molecule has 2 aliphatic rings. The lowest BCUT2D eigenvalue weighted by atomic mass is 10.0. The monoisotopic (exact) mass is 759 g/mol. The molecule has 7 aromatic rings. The number of carboxylic acids is 1. The molecule has 0 spiro atoms. The summed E-state index contributed by atoms with van der Waals surface area (Å²) < 4.78 is 0. The van der Waals surface area contributed by atoms with E-state index in [0.717, 1.165) is 89.4 Å². The van der Waals surface area contributed by atoms with Crippen molar-refractivity contribution in [1.82, 2.24) is 19.9 Å². The van der Waals surface area contributed by atoms with E-state index in [4.69, 9.17) is 15.2 Å². The summed E-state index contributed by atoms with van der Waals surface area (Å²) in [6.45, 7) is 0. The molecule has 59 heavy (non-hydrogen) atoms. The number of nitrogens with zero attached hydrogens (tertiary/aromatic N) is 3. The Bertz CT molecular complexity index is 3130. The van der Waals surface area contributed by atoms with Crippen molar-refractivity contribution in [2.75, 3.05) is 0 Å². The second-order valence-corrected chi connectivity index (χ2v) is 13.8. The molecule has 0 saturated heterocycles. The molecule has 0 saturated carbocycles. The van der Waals surface area contributed by atoms with Gasteiger partial charge in [0.15, 0.2) is 0 Å². The zero-order chi connectivity index (χ0) is 40.1. The molecule has 4 aromatic carbocycles. The highest BCUT2D eigenvalue weighted by atomic mass is 16.4. The number of benzene rings is 4. The van der Waals surface area contributed by atoms with Gasteiger partial charge in [-0.15, -0.1) is 0 Å². The molecule has 9 rings (SSSR count). The van der Waals surface area contributed by atoms with Gasteiger partial charge in [0.2, 0.25) is 0 Å². The molecule has 3 aromatic heterocycles. The van der Waals surface area contributed by atoms with E-state index in [1.807, 2.05) is 78.9 Å². The Morgan fingerprint density at radius 1 is 0.542 bits per heavy atom. The first-order valence-electron chi connectivity index (χ1n) is 19.0. The fraction of sp³-hybridized carbons (Fsp3) is 0. The van der Waals surface area contributed by atoms with Crippen LogP contribution in [0.3, 0.4) is 0 Å². The molecule has 2 aliphatic heterocycles. The first-order valence-corrected chi connectivity index (χ1v) is 19.0. The summed E-state index contributed by atoms with van der Waals surface area (Å²) >= 11 is 0. The number of rotatable bonds is 6. The fourth-order valence-electron chi connectivity index (χ4n) is 7.33. The molecule has 0 atom stereocenters. The highest BCUT2D eigenvalue weighted by Gasteiger charge is 2.18. The van der Waals surface area contributed by atoms with E-state index < -0.39 is 5.97 Å². The second kappa shape index (κ2) is 15.9. The molecule has 0 fully saturated rings. The predicted molar refractivity (Wildman–Crippen MR) is 239 cm³/mol. The number of carboxylic acid groups (broad SMARTS) is 1. The molecule has 278 valence electrons. The molecule has 5 heterocycles. The maximum atomic E-state index is 11.3. The van der Waals surface area contributed by atoms with Crippen LogP contribution in [0, 0.1) is 23.2 Å². The number of nitrogens with one attached hydrogen (secondary N) is 2. The van der Waals surface area contributed by atoms with Crippen molar-refractivity contribution in [3.8, 4) is 51.3 Å². The number of nitriles is 1. The first kappa shape index (κ1) is 36.1. The van der Waals surface area contributed by atoms with Gasteiger partial charge < -0.3 is 15.1 Å². The summed E-state index contributed by atoms with van der Waals surface area (Å²) in [5.41, 5.74) is 14.7. The summed E-state index contributed by atoms with van der Waals surface area (Å²) in [6, 6.07) is 48.2. The molecule has 7 nitrogen and oxygen atoms in total. The number of fused-ring (bicyclic) bond motifs is 8. The van der Waals surface area contributed by atoms with Crippen molar-refractivity contribution in [2.45, 2.75) is 0 Å². The number of carbonyl (C=O) groups is 1. The van der Waals surface area contributed by atoms with E-state index >= 15 is 0 Å². The molecule has 8 bridgehead atoms. The Balaban J connectivity index is 1.29. The summed E-state index contributed by atoms with van der Waals surface area (Å²) in [7, 11) is 0. The van der Waals surface area contributed by atoms with Gasteiger partial charge in [0.05, 0.1) is 33.9 Å². The van der Waals surface area contributed by atoms with Crippen LogP contribution in [0.5, 0.6) is 0 Å². The molecule has 0 amide bonds. The lowest BCUT2D eigenvalue weighted by Gasteiger charge is -2.06. The molecule has 7 heteroatoms. The number of allylic oxidation sites excluding steroid dienone is 1. The molecular formula is C52H33N5O2. The van der Waals surface area contributed by atoms with E-state index in [1.165, 1.54) is 6.08 Å². The van der Waals surface area contributed by atoms with Gasteiger partial charge in [0.1, 0.15) is 11.6 Å². The third kappa shape index (κ3) is 7.44. The lowest BCUT2D eigenvalue weighted by molar-refractivity contribution is -0.132. The van der Waals surface area contributed by atoms with Crippen molar-refractivity contribution >= 4 is 64.5 Å². The number of H-pyrrole nitrogens is 2. The predicted octanol–water partition coefficient (Wildman–Crippen LogP) is 11.7. The number of aromatic nitrogens is 4. The zero-order valence-corrected chi connectivity index (χ0v) is 31.5. The normalized spacial score (nSPS) is 11.9. The third-order valence-electron chi connectivity index (χ3n) is 10.1. The van der Waals surface area contributed by atoms with E-state index in [9.17, 15) is 9.90 Å². The van der Waals surface area contributed by atoms with Gasteiger partial charge in [-0.1, -0.05) is 127 Å². The number of hydrogen-bond donors (Lipinski definition) is 3. The Morgan fingerprint density at radius 2 is 0.966 bits per heavy atom. The molecule has 3 N–H and O–H groups in total. The molecule has 0 aliphatic carbocycles. The summed E-state index contributed by atoms with van der Waals surface area (Å²) in [5.74, 6) is 5.38. The van der Waals surface area contributed by atoms with Gasteiger partial charge in [-0.05, 0) is 94.6 Å². The maximum Gasteiger partial charge on any atom is 0.346 e. The van der Waals surface area contributed by atoms with Gasteiger partial charge in [0, 0.05) is 33.2 Å². The Morgan fingerprint density at radius 3 is 1.44 bits per heavy atom. The van der Waals surface area contributed by atoms with E-state index in [2.05, 4.69) is 101 Å². The van der Waals surface area contributed by atoms with Gasteiger partial charge in [0.25, 0.3) is 0 Å². The number of aromatic amines is 2. The average molecular weight is 760 g/mol. The highest BCUT2D eigenvalue weighted by molar-refractivity contribution is 5.98. The van der Waals surface area contributed by atoms with Crippen LogP contribution < -0.4 is 0 Å². The lowest BCUT2D eigenvalue weighted by Crippen LogP contribution is -1.97. The Kier molecular flexibility index (Phi) is 9.75. The van der Waals surface area contributed by atoms with Crippen LogP contribution in [0.15, 0.2) is 151 Å². The van der Waals surface area contributed by atoms with Crippen molar-refractivity contribution in [3.63, 3.8) is 0 Å². The maximum absolute atomic E-state index is 11.3. The van der Waals surface area contributed by atoms with Crippen molar-refractivity contribution < 1.29 is 9.90 Å². The largest absolute Gasteiger partial charge is 0.477 e. The minimum atomic E-state index is -1.26. The van der Waals surface area contributed by atoms with Crippen LogP contribution >= 0.6 is 0 Å². The molecular weight excluding hydrogens is 727 g/mol. The molecule has 0 radical (unpaired) electrons. The van der Waals surface area contributed by atoms with Crippen LogP contribution in [0.1, 0.15) is 39.5 Å². The first-order chi connectivity index (χ1) is 29.0. The summed E-state index contributed by atoms with van der Waals surface area (Å²) in [5, 5.41) is 18.3. The SMILES string of the molecule is N#C/C(=C/c1ccc(/C=C/C#Cc2c3nc(c(-c4ccccc4)c4ccc([nH]4)c(-c4ccccc4)c4nc(c(-c5ccccc5)c5ccc2[nH]5)C=C4)C=C3)cc1)C(=O)O. The van der Waals surface area contributed by atoms with Gasteiger partial charge in [-0.3, -0.25) is 0 Å². The Labute approximate surface area is 340 Å². The van der Waals surface area contributed by atoms with Crippen LogP contribution in [-0.2, 0) is 4.79 Å². The van der Waals surface area contributed by atoms with E-state index in [1.54, 1.807) is 24.3 Å². The number of hydrogen-bond acceptors (Lipinski definition) is 4. The smallest absolute Gasteiger partial charge is 0.346 e. The van der Waals surface area contributed by atoms with Crippen LogP contribution in [0.4, 0.5) is 0 Å². The number of aliphatic carboxylic acids is 1. The van der Waals surface area contributed by atoms with Crippen LogP contribution in [0.2, 0.25) is 0 Å². The third-order valence-corrected chi connectivity index (χ3v) is 10.1.